The predicted octanol–water partition coefficient (Wildman–Crippen LogP) is 0.517. The molecule has 0 radical (unpaired) electrons. The highest BCUT2D eigenvalue weighted by atomic mass is 16.5. The van der Waals surface area contributed by atoms with Crippen molar-refractivity contribution in [1.82, 2.24) is 0 Å². The monoisotopic (exact) mass is 169 g/mol. The normalized spacial score (nSPS) is 6.67. The summed E-state index contributed by atoms with van der Waals surface area (Å²) in [5, 5.41) is 0. The second-order valence-electron chi connectivity index (χ2n) is 1.41. The molecule has 0 atom stereocenters. The molecule has 4 nitrogen and oxygen atoms in total. The number of ether oxygens (including phenoxy) is 1. The molecule has 0 aromatic heterocycles. The fourth-order valence-corrected chi connectivity index (χ4v) is 0.130. The number of carbonyl (C=O) groups excluding carboxylic acids is 2. The molecule has 0 aromatic rings. The largest absolute Gasteiger partial charge is 0.432 e. The van der Waals surface area contributed by atoms with Gasteiger partial charge in [-0.15, -0.1) is 0 Å². The van der Waals surface area contributed by atoms with Gasteiger partial charge in [0, 0.05) is 6.08 Å². The number of nitrogens with two attached hydrogens (primary N) is 1. The van der Waals surface area contributed by atoms with E-state index in [0.717, 1.165) is 18.4 Å². The van der Waals surface area contributed by atoms with Gasteiger partial charge in [0.1, 0.15) is 0 Å². The van der Waals surface area contributed by atoms with Crippen molar-refractivity contribution in [2.45, 2.75) is 0 Å². The van der Waals surface area contributed by atoms with E-state index in [1.807, 2.05) is 0 Å². The maximum Gasteiger partial charge on any atom is 0.334 e. The van der Waals surface area contributed by atoms with Crippen LogP contribution in [0.5, 0.6) is 0 Å². The second kappa shape index (κ2) is 9.16. The number of rotatable bonds is 3. The van der Waals surface area contributed by atoms with Crippen LogP contribution in [0.25, 0.3) is 0 Å². The Balaban J connectivity index is 0. The molecule has 4 heteroatoms. The average molecular weight is 169 g/mol. The number of hydrogen-bond donors (Lipinski definition) is 1. The molecule has 0 aromatic carbocycles. The highest BCUT2D eigenvalue weighted by Crippen LogP contribution is 1.75. The molecular weight excluding hydrogens is 158 g/mol. The van der Waals surface area contributed by atoms with Crippen molar-refractivity contribution in [2.75, 3.05) is 0 Å². The molecule has 2 N–H and O–H groups in total. The molecule has 0 fully saturated rings. The highest BCUT2D eigenvalue weighted by Gasteiger charge is 1.84. The van der Waals surface area contributed by atoms with Crippen LogP contribution in [-0.2, 0) is 14.3 Å². The fourth-order valence-electron chi connectivity index (χ4n) is 0.130. The Morgan fingerprint density at radius 3 is 1.67 bits per heavy atom. The SMILES string of the molecule is C=CC(N)=O.C=COC(=O)C=C. The van der Waals surface area contributed by atoms with Crippen LogP contribution in [0.15, 0.2) is 38.2 Å². The fraction of sp³-hybridized carbons (Fsp3) is 0. The molecule has 0 aliphatic rings. The summed E-state index contributed by atoms with van der Waals surface area (Å²) in [7, 11) is 0. The Hall–Kier alpha value is -1.84. The van der Waals surface area contributed by atoms with E-state index in [-0.39, 0.29) is 0 Å². The number of amides is 1. The van der Waals surface area contributed by atoms with Gasteiger partial charge >= 0.3 is 5.97 Å². The lowest BCUT2D eigenvalue weighted by Crippen LogP contribution is -2.04. The molecule has 12 heavy (non-hydrogen) atoms. The minimum atomic E-state index is -0.481. The summed E-state index contributed by atoms with van der Waals surface area (Å²) in [5.74, 6) is -0.958. The topological polar surface area (TPSA) is 69.4 Å². The first-order valence-electron chi connectivity index (χ1n) is 2.94. The Bertz CT molecular complexity index is 196. The van der Waals surface area contributed by atoms with E-state index in [9.17, 15) is 9.59 Å². The number of hydrogen-bond acceptors (Lipinski definition) is 3. The third-order valence-electron chi connectivity index (χ3n) is 0.567. The number of esters is 1. The molecule has 66 valence electrons. The summed E-state index contributed by atoms with van der Waals surface area (Å²) < 4.78 is 4.20. The molecule has 0 spiro atoms. The lowest BCUT2D eigenvalue weighted by molar-refractivity contribution is -0.132. The lowest BCUT2D eigenvalue weighted by atomic mass is 10.6. The molecule has 0 heterocycles. The van der Waals surface area contributed by atoms with E-state index in [4.69, 9.17) is 0 Å². The zero-order valence-corrected chi connectivity index (χ0v) is 6.66. The average Bonchev–Trinajstić information content (AvgIpc) is 2.06. The summed E-state index contributed by atoms with van der Waals surface area (Å²) in [6.07, 6.45) is 3.19. The molecule has 0 bridgehead atoms. The summed E-state index contributed by atoms with van der Waals surface area (Å²) in [4.78, 5) is 19.5. The van der Waals surface area contributed by atoms with Gasteiger partial charge in [0.2, 0.25) is 5.91 Å². The van der Waals surface area contributed by atoms with Crippen LogP contribution in [0, 0.1) is 0 Å². The summed E-state index contributed by atoms with van der Waals surface area (Å²) in [6, 6.07) is 0. The van der Waals surface area contributed by atoms with Gasteiger partial charge in [-0.3, -0.25) is 4.79 Å². The molecule has 0 aliphatic heterocycles. The maximum atomic E-state index is 10.0. The van der Waals surface area contributed by atoms with E-state index in [0.29, 0.717) is 0 Å². The van der Waals surface area contributed by atoms with Gasteiger partial charge in [0.05, 0.1) is 6.26 Å². The van der Waals surface area contributed by atoms with E-state index in [2.05, 4.69) is 30.2 Å². The first kappa shape index (κ1) is 12.8. The summed E-state index contributed by atoms with van der Waals surface area (Å²) in [6.45, 7) is 9.40. The van der Waals surface area contributed by atoms with Crippen molar-refractivity contribution < 1.29 is 14.3 Å². The molecule has 0 saturated heterocycles. The zero-order chi connectivity index (χ0) is 9.98. The van der Waals surface area contributed by atoms with Gasteiger partial charge in [-0.05, 0) is 6.08 Å². The van der Waals surface area contributed by atoms with Crippen LogP contribution >= 0.6 is 0 Å². The van der Waals surface area contributed by atoms with E-state index in [1.54, 1.807) is 0 Å². The van der Waals surface area contributed by atoms with Crippen molar-refractivity contribution in [2.24, 2.45) is 5.73 Å². The molecule has 0 saturated carbocycles. The van der Waals surface area contributed by atoms with Crippen molar-refractivity contribution in [3.05, 3.63) is 38.2 Å². The summed E-state index contributed by atoms with van der Waals surface area (Å²) in [5.41, 5.74) is 4.53. The molecule has 0 aliphatic carbocycles. The van der Waals surface area contributed by atoms with Crippen LogP contribution in [0.2, 0.25) is 0 Å². The quantitative estimate of drug-likeness (QED) is 0.380. The van der Waals surface area contributed by atoms with Crippen LogP contribution in [0.3, 0.4) is 0 Å². The van der Waals surface area contributed by atoms with E-state index in [1.165, 1.54) is 0 Å². The lowest BCUT2D eigenvalue weighted by Gasteiger charge is -1.85. The van der Waals surface area contributed by atoms with Crippen molar-refractivity contribution in [3.63, 3.8) is 0 Å². The highest BCUT2D eigenvalue weighted by molar-refractivity contribution is 5.85. The van der Waals surface area contributed by atoms with Crippen LogP contribution in [0.1, 0.15) is 0 Å². The molecule has 1 amide bonds. The smallest absolute Gasteiger partial charge is 0.334 e. The van der Waals surface area contributed by atoms with Crippen molar-refractivity contribution in [1.29, 1.82) is 0 Å². The van der Waals surface area contributed by atoms with Gasteiger partial charge in [-0.25, -0.2) is 4.79 Å². The van der Waals surface area contributed by atoms with Gasteiger partial charge < -0.3 is 10.5 Å². The first-order chi connectivity index (χ1) is 5.58. The van der Waals surface area contributed by atoms with Crippen LogP contribution in [-0.4, -0.2) is 11.9 Å². The Labute approximate surface area is 71.0 Å². The van der Waals surface area contributed by atoms with Crippen molar-refractivity contribution in [3.8, 4) is 0 Å². The second-order valence-corrected chi connectivity index (χ2v) is 1.41. The summed E-state index contributed by atoms with van der Waals surface area (Å²) >= 11 is 0. The molecule has 0 unspecified atom stereocenters. The number of carbonyl (C=O) groups is 2. The molecule has 0 rings (SSSR count). The van der Waals surface area contributed by atoms with Crippen LogP contribution < -0.4 is 5.73 Å². The predicted molar refractivity (Wildman–Crippen MR) is 45.9 cm³/mol. The van der Waals surface area contributed by atoms with Gasteiger partial charge in [-0.1, -0.05) is 19.7 Å². The Kier molecular flexibility index (Phi) is 9.77. The maximum absolute atomic E-state index is 10.0. The van der Waals surface area contributed by atoms with Crippen molar-refractivity contribution >= 4 is 11.9 Å². The minimum Gasteiger partial charge on any atom is -0.432 e. The third kappa shape index (κ3) is 15.7. The Morgan fingerprint density at radius 1 is 1.17 bits per heavy atom. The Morgan fingerprint density at radius 2 is 1.58 bits per heavy atom. The third-order valence-corrected chi connectivity index (χ3v) is 0.567. The zero-order valence-electron chi connectivity index (χ0n) is 6.66. The first-order valence-corrected chi connectivity index (χ1v) is 2.94. The minimum absolute atomic E-state index is 0.477. The van der Waals surface area contributed by atoms with E-state index >= 15 is 0 Å². The van der Waals surface area contributed by atoms with Crippen LogP contribution in [0.4, 0.5) is 0 Å². The molecular formula is C8H11NO3. The number of primary amides is 1. The van der Waals surface area contributed by atoms with Gasteiger partial charge in [-0.2, -0.15) is 0 Å². The van der Waals surface area contributed by atoms with Gasteiger partial charge in [0.15, 0.2) is 0 Å². The standard InChI is InChI=1S/C5H6O2.C3H5NO/c1-3-5(6)7-4-2;1-2-3(4)5/h3-4H,1-2H2;2H,1H2,(H2,4,5). The van der Waals surface area contributed by atoms with E-state index < -0.39 is 11.9 Å². The van der Waals surface area contributed by atoms with Gasteiger partial charge in [0.25, 0.3) is 0 Å².